The number of aliphatic hydroxyl groups excluding tert-OH is 2. The molecule has 1 saturated heterocycles. The van der Waals surface area contributed by atoms with Crippen molar-refractivity contribution in [3.05, 3.63) is 59.3 Å². The maximum Gasteiger partial charge on any atom is 0.416 e. The molecule has 4 rings (SSSR count). The summed E-state index contributed by atoms with van der Waals surface area (Å²) >= 11 is 0. The van der Waals surface area contributed by atoms with Crippen LogP contribution in [0.15, 0.2) is 42.5 Å². The minimum Gasteiger partial charge on any atom is -0.395 e. The molecular weight excluding hydrogens is 459 g/mol. The first-order valence-corrected chi connectivity index (χ1v) is 11.6. The first-order chi connectivity index (χ1) is 16.5. The Labute approximate surface area is 201 Å². The molecule has 0 spiro atoms. The van der Waals surface area contributed by atoms with Gasteiger partial charge in [0.05, 0.1) is 24.3 Å². The van der Waals surface area contributed by atoms with E-state index in [1.165, 1.54) is 6.07 Å². The quantitative estimate of drug-likeness (QED) is 0.398. The van der Waals surface area contributed by atoms with Gasteiger partial charge in [-0.3, -0.25) is 9.69 Å². The van der Waals surface area contributed by atoms with Gasteiger partial charge >= 0.3 is 6.18 Å². The van der Waals surface area contributed by atoms with Gasteiger partial charge in [-0.15, -0.1) is 0 Å². The minimum absolute atomic E-state index is 0.116. The van der Waals surface area contributed by atoms with Crippen LogP contribution in [0.25, 0.3) is 22.0 Å². The summed E-state index contributed by atoms with van der Waals surface area (Å²) < 4.78 is 40.9. The Kier molecular flexibility index (Phi) is 6.95. The van der Waals surface area contributed by atoms with Crippen LogP contribution >= 0.6 is 0 Å². The number of carbonyl (C=O) groups excluding carboxylic acids is 1. The van der Waals surface area contributed by atoms with E-state index in [2.05, 4.69) is 15.2 Å². The van der Waals surface area contributed by atoms with Crippen molar-refractivity contribution in [2.75, 3.05) is 19.8 Å². The van der Waals surface area contributed by atoms with Gasteiger partial charge < -0.3 is 20.5 Å². The van der Waals surface area contributed by atoms with E-state index < -0.39 is 23.2 Å². The molecule has 1 atom stereocenters. The number of aliphatic hydroxyl groups is 2. The lowest BCUT2D eigenvalue weighted by molar-refractivity contribution is -0.137. The number of hydrogen-bond donors (Lipinski definition) is 4. The van der Waals surface area contributed by atoms with Gasteiger partial charge in [-0.2, -0.15) is 13.2 Å². The summed E-state index contributed by atoms with van der Waals surface area (Å²) in [5.74, 6) is -0.689. The lowest BCUT2D eigenvalue weighted by Gasteiger charge is -2.24. The highest BCUT2D eigenvalue weighted by Crippen LogP contribution is 2.35. The first-order valence-electron chi connectivity index (χ1n) is 11.6. The molecular formula is C26H30F3N3O3. The molecule has 2 heterocycles. The summed E-state index contributed by atoms with van der Waals surface area (Å²) in [7, 11) is 0. The van der Waals surface area contributed by atoms with Gasteiger partial charge in [0.15, 0.2) is 0 Å². The van der Waals surface area contributed by atoms with Crippen molar-refractivity contribution in [1.29, 1.82) is 0 Å². The molecule has 1 aliphatic rings. The molecule has 3 aromatic rings. The van der Waals surface area contributed by atoms with Crippen LogP contribution in [0.3, 0.4) is 0 Å². The number of carbonyl (C=O) groups is 1. The summed E-state index contributed by atoms with van der Waals surface area (Å²) in [5.41, 5.74) is 0.633. The largest absolute Gasteiger partial charge is 0.416 e. The Bertz CT molecular complexity index is 1220. The third-order valence-corrected chi connectivity index (χ3v) is 6.46. The lowest BCUT2D eigenvalue weighted by atomic mass is 9.97. The summed E-state index contributed by atoms with van der Waals surface area (Å²) in [6.07, 6.45) is -2.62. The molecule has 1 fully saturated rings. The van der Waals surface area contributed by atoms with Crippen LogP contribution in [-0.4, -0.2) is 57.3 Å². The monoisotopic (exact) mass is 489 g/mol. The molecule has 1 aromatic heterocycles. The maximum absolute atomic E-state index is 13.6. The number of likely N-dealkylation sites (tertiary alicyclic amines) is 1. The average molecular weight is 490 g/mol. The number of alkyl halides is 3. The second kappa shape index (κ2) is 9.64. The predicted octanol–water partition coefficient (Wildman–Crippen LogP) is 4.31. The van der Waals surface area contributed by atoms with E-state index in [4.69, 9.17) is 0 Å². The van der Waals surface area contributed by atoms with Crippen molar-refractivity contribution in [2.45, 2.75) is 51.0 Å². The van der Waals surface area contributed by atoms with Crippen LogP contribution in [0.1, 0.15) is 48.3 Å². The molecule has 1 amide bonds. The molecule has 6 nitrogen and oxygen atoms in total. The molecule has 4 N–H and O–H groups in total. The number of halogens is 3. The molecule has 188 valence electrons. The second-order valence-corrected chi connectivity index (χ2v) is 9.84. The van der Waals surface area contributed by atoms with Gasteiger partial charge in [0.2, 0.25) is 0 Å². The molecule has 2 aromatic carbocycles. The third kappa shape index (κ3) is 5.69. The zero-order chi connectivity index (χ0) is 25.4. The summed E-state index contributed by atoms with van der Waals surface area (Å²) in [4.78, 5) is 18.3. The smallest absolute Gasteiger partial charge is 0.395 e. The Balaban J connectivity index is 1.67. The topological polar surface area (TPSA) is 88.6 Å². The Hall–Kier alpha value is -2.88. The number of fused-ring (bicyclic) bond motifs is 1. The Morgan fingerprint density at radius 3 is 2.57 bits per heavy atom. The minimum atomic E-state index is -4.62. The molecule has 35 heavy (non-hydrogen) atoms. The second-order valence-electron chi connectivity index (χ2n) is 9.84. The third-order valence-electron chi connectivity index (χ3n) is 6.46. The normalized spacial score (nSPS) is 17.3. The van der Waals surface area contributed by atoms with Crippen molar-refractivity contribution in [1.82, 2.24) is 15.2 Å². The van der Waals surface area contributed by atoms with E-state index in [1.54, 1.807) is 26.0 Å². The van der Waals surface area contributed by atoms with Gasteiger partial charge in [0, 0.05) is 34.7 Å². The number of nitrogens with zero attached hydrogens (tertiary/aromatic N) is 1. The molecule has 0 bridgehead atoms. The number of nitrogens with one attached hydrogen (secondary N) is 2. The average Bonchev–Trinajstić information content (AvgIpc) is 3.43. The molecule has 0 unspecified atom stereocenters. The molecule has 0 radical (unpaired) electrons. The first kappa shape index (κ1) is 25.2. The molecule has 0 aliphatic carbocycles. The lowest BCUT2D eigenvalue weighted by Crippen LogP contribution is -2.46. The van der Waals surface area contributed by atoms with E-state index >= 15 is 0 Å². The highest BCUT2D eigenvalue weighted by atomic mass is 19.4. The summed E-state index contributed by atoms with van der Waals surface area (Å²) in [5, 5.41) is 22.4. The fourth-order valence-electron chi connectivity index (χ4n) is 4.49. The van der Waals surface area contributed by atoms with E-state index in [1.807, 2.05) is 12.1 Å². The van der Waals surface area contributed by atoms with Gasteiger partial charge in [0.1, 0.15) is 0 Å². The van der Waals surface area contributed by atoms with Gasteiger partial charge in [-0.05, 0) is 80.8 Å². The van der Waals surface area contributed by atoms with Crippen molar-refractivity contribution >= 4 is 16.8 Å². The standard InChI is InChI=1S/C26H30F3N3O3/c1-25(2,15-34)31-24(35)19-9-17(10-20(11-19)26(27,28)29)16-5-6-23-18(8-16)12-21(30-23)13-32-7-3-4-22(32)14-33/h5-6,8-12,22,30,33-34H,3-4,7,13-15H2,1-2H3,(H,31,35)/t22-/m1/s1. The van der Waals surface area contributed by atoms with E-state index in [9.17, 15) is 28.2 Å². The number of amides is 1. The summed E-state index contributed by atoms with van der Waals surface area (Å²) in [6, 6.07) is 10.8. The van der Waals surface area contributed by atoms with E-state index in [0.717, 1.165) is 48.1 Å². The van der Waals surface area contributed by atoms with Gasteiger partial charge in [-0.1, -0.05) is 6.07 Å². The Morgan fingerprint density at radius 1 is 1.11 bits per heavy atom. The zero-order valence-corrected chi connectivity index (χ0v) is 19.7. The van der Waals surface area contributed by atoms with Crippen LogP contribution < -0.4 is 5.32 Å². The van der Waals surface area contributed by atoms with Gasteiger partial charge in [-0.25, -0.2) is 0 Å². The Morgan fingerprint density at radius 2 is 1.89 bits per heavy atom. The van der Waals surface area contributed by atoms with Crippen molar-refractivity contribution in [3.8, 4) is 11.1 Å². The van der Waals surface area contributed by atoms with Crippen LogP contribution in [-0.2, 0) is 12.7 Å². The van der Waals surface area contributed by atoms with Crippen molar-refractivity contribution < 1.29 is 28.2 Å². The number of rotatable bonds is 7. The van der Waals surface area contributed by atoms with E-state index in [0.29, 0.717) is 12.1 Å². The fraction of sp³-hybridized carbons (Fsp3) is 0.423. The number of aromatic nitrogens is 1. The predicted molar refractivity (Wildman–Crippen MR) is 128 cm³/mol. The SMILES string of the molecule is CC(C)(CO)NC(=O)c1cc(-c2ccc3[nH]c(CN4CCC[C@@H]4CO)cc3c2)cc(C(F)(F)F)c1. The summed E-state index contributed by atoms with van der Waals surface area (Å²) in [6.45, 7) is 4.50. The van der Waals surface area contributed by atoms with Gasteiger partial charge in [0.25, 0.3) is 5.91 Å². The number of aromatic amines is 1. The highest BCUT2D eigenvalue weighted by Gasteiger charge is 2.32. The van der Waals surface area contributed by atoms with Crippen LogP contribution in [0.4, 0.5) is 13.2 Å². The highest BCUT2D eigenvalue weighted by molar-refractivity contribution is 5.96. The number of H-pyrrole nitrogens is 1. The maximum atomic E-state index is 13.6. The molecule has 0 saturated carbocycles. The number of benzene rings is 2. The fourth-order valence-corrected chi connectivity index (χ4v) is 4.49. The zero-order valence-electron chi connectivity index (χ0n) is 19.7. The van der Waals surface area contributed by atoms with Crippen LogP contribution in [0.5, 0.6) is 0 Å². The van der Waals surface area contributed by atoms with Crippen LogP contribution in [0.2, 0.25) is 0 Å². The van der Waals surface area contributed by atoms with Crippen molar-refractivity contribution in [3.63, 3.8) is 0 Å². The van der Waals surface area contributed by atoms with Crippen molar-refractivity contribution in [2.24, 2.45) is 0 Å². The molecule has 1 aliphatic heterocycles. The van der Waals surface area contributed by atoms with Crippen LogP contribution in [0, 0.1) is 0 Å². The number of hydrogen-bond acceptors (Lipinski definition) is 4. The molecule has 9 heteroatoms. The van der Waals surface area contributed by atoms with E-state index in [-0.39, 0.29) is 30.4 Å².